The molecule has 70 valence electrons. The molecule has 1 aliphatic rings. The fourth-order valence-electron chi connectivity index (χ4n) is 0.440. The highest BCUT2D eigenvalue weighted by Crippen LogP contribution is 2.28. The topological polar surface area (TPSA) is 74.6 Å². The highest BCUT2D eigenvalue weighted by atomic mass is 33.1. The van der Waals surface area contributed by atoms with Crippen molar-refractivity contribution in [2.45, 2.75) is 12.8 Å². The number of hydrogen-bond acceptors (Lipinski definition) is 4. The summed E-state index contributed by atoms with van der Waals surface area (Å²) >= 11 is 0. The van der Waals surface area contributed by atoms with E-state index in [9.17, 15) is 0 Å². The summed E-state index contributed by atoms with van der Waals surface area (Å²) in [6.45, 7) is 0. The first-order valence-corrected chi connectivity index (χ1v) is 5.84. The molecule has 0 aromatic carbocycles. The van der Waals surface area contributed by atoms with Crippen molar-refractivity contribution in [1.82, 2.24) is 0 Å². The van der Waals surface area contributed by atoms with Crippen LogP contribution in [-0.4, -0.2) is 33.7 Å². The normalized spacial score (nSPS) is 15.7. The van der Waals surface area contributed by atoms with Gasteiger partial charge in [-0.3, -0.25) is 0 Å². The van der Waals surface area contributed by atoms with Gasteiger partial charge in [0.15, 0.2) is 0 Å². The van der Waals surface area contributed by atoms with E-state index in [2.05, 4.69) is 0 Å². The molecule has 1 saturated heterocycles. The molecule has 0 aliphatic carbocycles. The highest BCUT2D eigenvalue weighted by Gasteiger charge is 2.04. The molecule has 0 atom stereocenters. The van der Waals surface area contributed by atoms with Crippen molar-refractivity contribution in [3.05, 3.63) is 0 Å². The number of rotatable bonds is 0. The molecule has 12 heavy (non-hydrogen) atoms. The van der Waals surface area contributed by atoms with Crippen molar-refractivity contribution in [2.75, 3.05) is 11.5 Å². The van der Waals surface area contributed by atoms with E-state index in [0.29, 0.717) is 0 Å². The maximum atomic E-state index is 9.10. The van der Waals surface area contributed by atoms with E-state index in [0.717, 1.165) is 0 Å². The first-order chi connectivity index (χ1) is 5.64. The molecule has 0 saturated carbocycles. The fourth-order valence-corrected chi connectivity index (χ4v) is 2.73. The zero-order valence-corrected chi connectivity index (χ0v) is 7.99. The van der Waals surface area contributed by atoms with Crippen LogP contribution in [0.1, 0.15) is 12.8 Å². The summed E-state index contributed by atoms with van der Waals surface area (Å²) < 4.78 is 0. The SMILES string of the molecule is C1CCSSC1.O=C(O)C(=O)O. The van der Waals surface area contributed by atoms with Gasteiger partial charge in [-0.05, 0) is 12.8 Å². The summed E-state index contributed by atoms with van der Waals surface area (Å²) in [5.74, 6) is -0.889. The summed E-state index contributed by atoms with van der Waals surface area (Å²) in [5, 5.41) is 14.8. The van der Waals surface area contributed by atoms with Gasteiger partial charge in [-0.25, -0.2) is 9.59 Å². The Morgan fingerprint density at radius 3 is 1.33 bits per heavy atom. The predicted molar refractivity (Wildman–Crippen MR) is 49.4 cm³/mol. The van der Waals surface area contributed by atoms with Gasteiger partial charge in [0, 0.05) is 11.5 Å². The molecule has 0 radical (unpaired) electrons. The molecule has 1 rings (SSSR count). The second-order valence-electron chi connectivity index (χ2n) is 1.96. The van der Waals surface area contributed by atoms with Crippen LogP contribution in [0.3, 0.4) is 0 Å². The second-order valence-corrected chi connectivity index (χ2v) is 4.66. The molecule has 0 spiro atoms. The third-order valence-electron chi connectivity index (χ3n) is 0.972. The Morgan fingerprint density at radius 2 is 1.25 bits per heavy atom. The van der Waals surface area contributed by atoms with E-state index in [1.165, 1.54) is 24.3 Å². The van der Waals surface area contributed by atoms with Crippen LogP contribution < -0.4 is 0 Å². The zero-order chi connectivity index (χ0) is 9.40. The lowest BCUT2D eigenvalue weighted by Gasteiger charge is -2.04. The van der Waals surface area contributed by atoms with Crippen LogP contribution in [0.2, 0.25) is 0 Å². The Hall–Kier alpha value is -0.360. The van der Waals surface area contributed by atoms with Gasteiger partial charge in [-0.1, -0.05) is 21.6 Å². The van der Waals surface area contributed by atoms with Crippen molar-refractivity contribution >= 4 is 33.5 Å². The van der Waals surface area contributed by atoms with Crippen molar-refractivity contribution in [3.8, 4) is 0 Å². The number of hydrogen-bond donors (Lipinski definition) is 2. The van der Waals surface area contributed by atoms with E-state index in [-0.39, 0.29) is 0 Å². The largest absolute Gasteiger partial charge is 0.473 e. The van der Waals surface area contributed by atoms with Crippen LogP contribution in [0, 0.1) is 0 Å². The van der Waals surface area contributed by atoms with Crippen LogP contribution >= 0.6 is 21.6 Å². The molecule has 0 aromatic heterocycles. The van der Waals surface area contributed by atoms with E-state index < -0.39 is 11.9 Å². The van der Waals surface area contributed by atoms with Gasteiger partial charge < -0.3 is 10.2 Å². The molecule has 0 amide bonds. The van der Waals surface area contributed by atoms with Gasteiger partial charge in [-0.15, -0.1) is 0 Å². The van der Waals surface area contributed by atoms with E-state index >= 15 is 0 Å². The fraction of sp³-hybridized carbons (Fsp3) is 0.667. The molecule has 0 bridgehead atoms. The van der Waals surface area contributed by atoms with E-state index in [1.54, 1.807) is 0 Å². The van der Waals surface area contributed by atoms with Crippen LogP contribution in [0.4, 0.5) is 0 Å². The van der Waals surface area contributed by atoms with Crippen molar-refractivity contribution in [1.29, 1.82) is 0 Å². The molecular weight excluding hydrogens is 200 g/mol. The molecule has 6 heteroatoms. The second kappa shape index (κ2) is 7.30. The Kier molecular flexibility index (Phi) is 7.08. The molecule has 2 N–H and O–H groups in total. The summed E-state index contributed by atoms with van der Waals surface area (Å²) in [6, 6.07) is 0. The molecule has 1 aliphatic heterocycles. The van der Waals surface area contributed by atoms with Crippen LogP contribution in [0.25, 0.3) is 0 Å². The van der Waals surface area contributed by atoms with Crippen molar-refractivity contribution in [2.24, 2.45) is 0 Å². The predicted octanol–water partition coefficient (Wildman–Crippen LogP) is 1.32. The average Bonchev–Trinajstić information content (AvgIpc) is 2.08. The van der Waals surface area contributed by atoms with Gasteiger partial charge in [0.05, 0.1) is 0 Å². The lowest BCUT2D eigenvalue weighted by atomic mass is 10.4. The van der Waals surface area contributed by atoms with Gasteiger partial charge >= 0.3 is 11.9 Å². The minimum Gasteiger partial charge on any atom is -0.473 e. The molecule has 0 unspecified atom stereocenters. The van der Waals surface area contributed by atoms with Crippen LogP contribution in [0.5, 0.6) is 0 Å². The van der Waals surface area contributed by atoms with Gasteiger partial charge in [0.1, 0.15) is 0 Å². The summed E-state index contributed by atoms with van der Waals surface area (Å²) in [6.07, 6.45) is 2.88. The lowest BCUT2D eigenvalue weighted by Crippen LogP contribution is -2.09. The maximum Gasteiger partial charge on any atom is 0.414 e. The first-order valence-electron chi connectivity index (χ1n) is 3.35. The Morgan fingerprint density at radius 1 is 0.917 bits per heavy atom. The third kappa shape index (κ3) is 7.74. The number of carboxylic acids is 2. The minimum absolute atomic E-state index is 1.38. The molecule has 1 fully saturated rings. The van der Waals surface area contributed by atoms with Crippen molar-refractivity contribution in [3.63, 3.8) is 0 Å². The van der Waals surface area contributed by atoms with Gasteiger partial charge in [0.25, 0.3) is 0 Å². The smallest absolute Gasteiger partial charge is 0.414 e. The summed E-state index contributed by atoms with van der Waals surface area (Å²) in [4.78, 5) is 18.2. The lowest BCUT2D eigenvalue weighted by molar-refractivity contribution is -0.159. The number of aliphatic carboxylic acids is 2. The number of carboxylic acid groups (broad SMARTS) is 2. The van der Waals surface area contributed by atoms with Crippen molar-refractivity contribution < 1.29 is 19.8 Å². The summed E-state index contributed by atoms with van der Waals surface area (Å²) in [5.41, 5.74) is 0. The molecule has 1 heterocycles. The molecular formula is C6H10O4S2. The molecule has 4 nitrogen and oxygen atoms in total. The Labute approximate surface area is 78.1 Å². The van der Waals surface area contributed by atoms with Gasteiger partial charge in [-0.2, -0.15) is 0 Å². The standard InChI is InChI=1S/C4H8S2.C2H2O4/c1-2-4-6-5-3-1;3-1(4)2(5)6/h1-4H2;(H,3,4)(H,5,6). The van der Waals surface area contributed by atoms with Crippen LogP contribution in [-0.2, 0) is 9.59 Å². The highest BCUT2D eigenvalue weighted by molar-refractivity contribution is 8.76. The van der Waals surface area contributed by atoms with E-state index in [4.69, 9.17) is 19.8 Å². The molecule has 0 aromatic rings. The Balaban J connectivity index is 0.000000202. The van der Waals surface area contributed by atoms with E-state index in [1.807, 2.05) is 21.6 Å². The summed E-state index contributed by atoms with van der Waals surface area (Å²) in [7, 11) is 4.02. The number of carbonyl (C=O) groups is 2. The average molecular weight is 210 g/mol. The quantitative estimate of drug-likeness (QED) is 0.464. The third-order valence-corrected chi connectivity index (χ3v) is 3.55. The Bertz CT molecular complexity index is 132. The van der Waals surface area contributed by atoms with Gasteiger partial charge in [0.2, 0.25) is 0 Å². The monoisotopic (exact) mass is 210 g/mol. The zero-order valence-electron chi connectivity index (χ0n) is 6.36. The van der Waals surface area contributed by atoms with Crippen LogP contribution in [0.15, 0.2) is 0 Å². The minimum atomic E-state index is -1.82. The first kappa shape index (κ1) is 11.6. The maximum absolute atomic E-state index is 9.10.